The number of hydrogen-bond donors (Lipinski definition) is 1. The molecule has 0 aliphatic heterocycles. The summed E-state index contributed by atoms with van der Waals surface area (Å²) < 4.78 is 1.93. The molecule has 1 aromatic heterocycles. The first-order valence-corrected chi connectivity index (χ1v) is 6.87. The zero-order valence-electron chi connectivity index (χ0n) is 11.9. The molecular weight excluding hydrogens is 236 g/mol. The highest BCUT2D eigenvalue weighted by Crippen LogP contribution is 2.28. The second-order valence-corrected chi connectivity index (χ2v) is 5.31. The van der Waals surface area contributed by atoms with Gasteiger partial charge in [-0.2, -0.15) is 5.10 Å². The van der Waals surface area contributed by atoms with Gasteiger partial charge in [0.1, 0.15) is 0 Å². The minimum absolute atomic E-state index is 0.347. The molecule has 3 heteroatoms. The maximum absolute atomic E-state index is 10.8. The smallest absolute Gasteiger partial charge is 0.0949 e. The van der Waals surface area contributed by atoms with Gasteiger partial charge in [0, 0.05) is 18.7 Å². The lowest BCUT2D eigenvalue weighted by Crippen LogP contribution is -2.28. The normalized spacial score (nSPS) is 14.6. The van der Waals surface area contributed by atoms with E-state index in [1.165, 1.54) is 0 Å². The van der Waals surface area contributed by atoms with Crippen molar-refractivity contribution < 1.29 is 5.11 Å². The van der Waals surface area contributed by atoms with Crippen LogP contribution >= 0.6 is 0 Å². The van der Waals surface area contributed by atoms with E-state index in [0.717, 1.165) is 11.3 Å². The molecule has 0 bridgehead atoms. The molecule has 0 radical (unpaired) electrons. The molecule has 0 aliphatic rings. The van der Waals surface area contributed by atoms with E-state index in [-0.39, 0.29) is 0 Å². The van der Waals surface area contributed by atoms with Crippen molar-refractivity contribution in [3.8, 4) is 0 Å². The molecule has 0 fully saturated rings. The van der Waals surface area contributed by atoms with Gasteiger partial charge < -0.3 is 5.11 Å². The van der Waals surface area contributed by atoms with Gasteiger partial charge in [0.05, 0.1) is 11.3 Å². The number of benzene rings is 1. The van der Waals surface area contributed by atoms with Crippen LogP contribution in [0.4, 0.5) is 0 Å². The van der Waals surface area contributed by atoms with Crippen LogP contribution in [0.5, 0.6) is 0 Å². The van der Waals surface area contributed by atoms with Crippen LogP contribution in [-0.4, -0.2) is 14.9 Å². The number of nitrogens with zero attached hydrogens (tertiary/aromatic N) is 2. The fourth-order valence-corrected chi connectivity index (χ4v) is 2.24. The van der Waals surface area contributed by atoms with Gasteiger partial charge >= 0.3 is 0 Å². The van der Waals surface area contributed by atoms with Crippen LogP contribution in [0.3, 0.4) is 0 Å². The Morgan fingerprint density at radius 1 is 1.21 bits per heavy atom. The monoisotopic (exact) mass is 258 g/mol. The molecule has 102 valence electrons. The van der Waals surface area contributed by atoms with Crippen molar-refractivity contribution in [1.29, 1.82) is 0 Å². The van der Waals surface area contributed by atoms with Crippen molar-refractivity contribution in [3.05, 3.63) is 53.9 Å². The van der Waals surface area contributed by atoms with Crippen LogP contribution in [0.15, 0.2) is 42.6 Å². The van der Waals surface area contributed by atoms with Crippen molar-refractivity contribution in [2.45, 2.75) is 45.3 Å². The molecule has 19 heavy (non-hydrogen) atoms. The van der Waals surface area contributed by atoms with Crippen molar-refractivity contribution in [3.63, 3.8) is 0 Å². The highest BCUT2D eigenvalue weighted by molar-refractivity contribution is 5.24. The van der Waals surface area contributed by atoms with E-state index in [1.807, 2.05) is 54.2 Å². The van der Waals surface area contributed by atoms with Gasteiger partial charge in [0.2, 0.25) is 0 Å². The maximum atomic E-state index is 10.8. The summed E-state index contributed by atoms with van der Waals surface area (Å²) in [5.74, 6) is 0. The molecule has 1 N–H and O–H groups in total. The Labute approximate surface area is 114 Å². The van der Waals surface area contributed by atoms with Crippen molar-refractivity contribution in [1.82, 2.24) is 9.78 Å². The van der Waals surface area contributed by atoms with E-state index in [1.54, 1.807) is 0 Å². The summed E-state index contributed by atoms with van der Waals surface area (Å²) in [5, 5.41) is 15.4. The van der Waals surface area contributed by atoms with Gasteiger partial charge in [0.25, 0.3) is 0 Å². The van der Waals surface area contributed by atoms with Crippen molar-refractivity contribution >= 4 is 0 Å². The van der Waals surface area contributed by atoms with Crippen LogP contribution in [-0.2, 0) is 12.0 Å². The minimum Gasteiger partial charge on any atom is -0.385 e. The Bertz CT molecular complexity index is 519. The maximum Gasteiger partial charge on any atom is 0.0949 e. The second-order valence-electron chi connectivity index (χ2n) is 5.31. The molecule has 0 spiro atoms. The first-order valence-electron chi connectivity index (χ1n) is 6.87. The lowest BCUT2D eigenvalue weighted by atomic mass is 9.87. The second kappa shape index (κ2) is 5.57. The highest BCUT2D eigenvalue weighted by atomic mass is 16.3. The molecule has 2 rings (SSSR count). The Kier molecular flexibility index (Phi) is 4.05. The van der Waals surface area contributed by atoms with Gasteiger partial charge in [-0.1, -0.05) is 37.3 Å². The Hall–Kier alpha value is -1.61. The van der Waals surface area contributed by atoms with Crippen LogP contribution in [0.1, 0.15) is 44.5 Å². The average molecular weight is 258 g/mol. The molecule has 0 saturated carbocycles. The number of aromatic nitrogens is 2. The lowest BCUT2D eigenvalue weighted by Gasteiger charge is -2.26. The quantitative estimate of drug-likeness (QED) is 0.893. The third kappa shape index (κ3) is 3.04. The van der Waals surface area contributed by atoms with Crippen LogP contribution < -0.4 is 0 Å². The molecule has 0 amide bonds. The third-order valence-electron chi connectivity index (χ3n) is 3.56. The molecule has 1 aromatic carbocycles. The first kappa shape index (κ1) is 13.8. The molecule has 0 saturated heterocycles. The summed E-state index contributed by atoms with van der Waals surface area (Å²) in [6.07, 6.45) is 3.19. The molecule has 0 aliphatic carbocycles. The predicted molar refractivity (Wildman–Crippen MR) is 76.9 cm³/mol. The van der Waals surface area contributed by atoms with Gasteiger partial charge in [-0.15, -0.1) is 0 Å². The Morgan fingerprint density at radius 3 is 2.42 bits per heavy atom. The Balaban J connectivity index is 2.23. The summed E-state index contributed by atoms with van der Waals surface area (Å²) in [6.45, 7) is 6.20. The van der Waals surface area contributed by atoms with Crippen molar-refractivity contribution in [2.24, 2.45) is 0 Å². The first-order chi connectivity index (χ1) is 9.05. The molecular formula is C16H22N2O. The number of hydrogen-bond acceptors (Lipinski definition) is 2. The summed E-state index contributed by atoms with van der Waals surface area (Å²) in [6, 6.07) is 12.2. The van der Waals surface area contributed by atoms with Gasteiger partial charge in [0.15, 0.2) is 0 Å². The van der Waals surface area contributed by atoms with E-state index < -0.39 is 5.60 Å². The van der Waals surface area contributed by atoms with E-state index in [2.05, 4.69) is 18.9 Å². The topological polar surface area (TPSA) is 38.0 Å². The zero-order valence-corrected chi connectivity index (χ0v) is 11.9. The molecule has 1 atom stereocenters. The van der Waals surface area contributed by atoms with Crippen LogP contribution in [0, 0.1) is 0 Å². The molecule has 1 heterocycles. The molecule has 1 unspecified atom stereocenters. The predicted octanol–water partition coefficient (Wildman–Crippen LogP) is 3.30. The Morgan fingerprint density at radius 2 is 1.89 bits per heavy atom. The van der Waals surface area contributed by atoms with Crippen molar-refractivity contribution in [2.75, 3.05) is 0 Å². The largest absolute Gasteiger partial charge is 0.385 e. The van der Waals surface area contributed by atoms with E-state index >= 15 is 0 Å². The third-order valence-corrected chi connectivity index (χ3v) is 3.56. The van der Waals surface area contributed by atoms with Crippen LogP contribution in [0.2, 0.25) is 0 Å². The summed E-state index contributed by atoms with van der Waals surface area (Å²) in [5.41, 5.74) is 1.05. The average Bonchev–Trinajstić information content (AvgIpc) is 2.88. The summed E-state index contributed by atoms with van der Waals surface area (Å²) >= 11 is 0. The van der Waals surface area contributed by atoms with Gasteiger partial charge in [-0.25, -0.2) is 0 Å². The van der Waals surface area contributed by atoms with Crippen LogP contribution in [0.25, 0.3) is 0 Å². The van der Waals surface area contributed by atoms with E-state index in [0.29, 0.717) is 18.9 Å². The molecule has 2 aromatic rings. The lowest BCUT2D eigenvalue weighted by molar-refractivity contribution is 0.0316. The summed E-state index contributed by atoms with van der Waals surface area (Å²) in [4.78, 5) is 0. The number of aliphatic hydroxyl groups is 1. The van der Waals surface area contributed by atoms with E-state index in [4.69, 9.17) is 0 Å². The van der Waals surface area contributed by atoms with Gasteiger partial charge in [-0.05, 0) is 31.9 Å². The van der Waals surface area contributed by atoms with Gasteiger partial charge in [-0.3, -0.25) is 4.68 Å². The number of rotatable bonds is 5. The SMILES string of the molecule is CCC(O)(Cc1ccn(C(C)C)n1)c1ccccc1. The highest BCUT2D eigenvalue weighted by Gasteiger charge is 2.28. The fourth-order valence-electron chi connectivity index (χ4n) is 2.24. The zero-order chi connectivity index (χ0) is 13.9. The minimum atomic E-state index is -0.836. The summed E-state index contributed by atoms with van der Waals surface area (Å²) in [7, 11) is 0. The standard InChI is InChI=1S/C16H22N2O/c1-4-16(19,14-8-6-5-7-9-14)12-15-10-11-18(17-15)13(2)3/h5-11,13,19H,4,12H2,1-3H3. The fraction of sp³-hybridized carbons (Fsp3) is 0.438. The van der Waals surface area contributed by atoms with E-state index in [9.17, 15) is 5.11 Å². The molecule has 3 nitrogen and oxygen atoms in total.